The van der Waals surface area contributed by atoms with Gasteiger partial charge < -0.3 is 9.47 Å². The first-order chi connectivity index (χ1) is 16.0. The van der Waals surface area contributed by atoms with Gasteiger partial charge in [0.15, 0.2) is 11.6 Å². The lowest BCUT2D eigenvalue weighted by Crippen LogP contribution is -2.16. The predicted molar refractivity (Wildman–Crippen MR) is 124 cm³/mol. The van der Waals surface area contributed by atoms with E-state index in [2.05, 4.69) is 6.58 Å². The van der Waals surface area contributed by atoms with Crippen LogP contribution in [0.2, 0.25) is 0 Å². The molecule has 0 bridgehead atoms. The highest BCUT2D eigenvalue weighted by molar-refractivity contribution is 5.35. The van der Waals surface area contributed by atoms with Crippen molar-refractivity contribution in [3.05, 3.63) is 89.3 Å². The molecule has 0 amide bonds. The van der Waals surface area contributed by atoms with E-state index in [1.54, 1.807) is 13.2 Å². The number of hydrogen-bond acceptors (Lipinski definition) is 2. The van der Waals surface area contributed by atoms with Crippen LogP contribution in [-0.4, -0.2) is 13.2 Å². The third-order valence-corrected chi connectivity index (χ3v) is 7.12. The Kier molecular flexibility index (Phi) is 7.59. The number of rotatable bonds is 7. The maximum absolute atomic E-state index is 14.8. The Morgan fingerprint density at radius 2 is 1.64 bits per heavy atom. The molecule has 2 nitrogen and oxygen atoms in total. The van der Waals surface area contributed by atoms with E-state index in [1.807, 2.05) is 30.3 Å². The second-order valence-corrected chi connectivity index (χ2v) is 9.11. The van der Waals surface area contributed by atoms with Gasteiger partial charge in [0.25, 0.3) is 0 Å². The van der Waals surface area contributed by atoms with Crippen LogP contribution in [0, 0.1) is 17.6 Å². The molecule has 1 fully saturated rings. The smallest absolute Gasteiger partial charge is 0.200 e. The first-order valence-corrected chi connectivity index (χ1v) is 11.7. The molecule has 0 N–H and O–H groups in total. The van der Waals surface area contributed by atoms with Gasteiger partial charge in [0, 0.05) is 13.0 Å². The van der Waals surface area contributed by atoms with Crippen molar-refractivity contribution in [1.29, 1.82) is 0 Å². The summed E-state index contributed by atoms with van der Waals surface area (Å²) in [5, 5.41) is 0. The van der Waals surface area contributed by atoms with E-state index < -0.39 is 11.6 Å². The molecule has 2 aliphatic carbocycles. The summed E-state index contributed by atoms with van der Waals surface area (Å²) in [6, 6.07) is 10.6. The molecule has 176 valence electrons. The van der Waals surface area contributed by atoms with E-state index in [4.69, 9.17) is 9.47 Å². The quantitative estimate of drug-likeness (QED) is 0.397. The third-order valence-electron chi connectivity index (χ3n) is 7.12. The Hall–Kier alpha value is -2.53. The molecule has 33 heavy (non-hydrogen) atoms. The number of methoxy groups -OCH3 is 1. The van der Waals surface area contributed by atoms with Crippen LogP contribution in [0.15, 0.2) is 61.0 Å². The standard InChI is InChI=1S/C28H31F3O2/c1-3-18-4-8-21(9-5-18)24-14-15-26(28(31)27(24)30)33-17-19-6-10-20(11-7-19)23-13-12-22(32-2)16-25(23)29/h3,6-7,10-11,14-16,18,21-23H,1,4-5,8-9,12-13,17H2,2H3. The van der Waals surface area contributed by atoms with Gasteiger partial charge >= 0.3 is 0 Å². The maximum atomic E-state index is 14.8. The lowest BCUT2D eigenvalue weighted by molar-refractivity contribution is 0.120. The fourth-order valence-corrected chi connectivity index (χ4v) is 5.00. The molecule has 2 aromatic rings. The average Bonchev–Trinajstić information content (AvgIpc) is 2.85. The van der Waals surface area contributed by atoms with Crippen LogP contribution < -0.4 is 4.74 Å². The first-order valence-electron chi connectivity index (χ1n) is 11.7. The summed E-state index contributed by atoms with van der Waals surface area (Å²) >= 11 is 0. The second-order valence-electron chi connectivity index (χ2n) is 9.11. The van der Waals surface area contributed by atoms with Crippen molar-refractivity contribution >= 4 is 0 Å². The summed E-state index contributed by atoms with van der Waals surface area (Å²) in [5.74, 6) is -1.77. The molecule has 0 aromatic heterocycles. The van der Waals surface area contributed by atoms with Gasteiger partial charge in [0.1, 0.15) is 12.4 Å². The number of allylic oxidation sites excluding steroid dienone is 2. The van der Waals surface area contributed by atoms with Gasteiger partial charge in [0.05, 0.1) is 6.10 Å². The van der Waals surface area contributed by atoms with Crippen LogP contribution in [-0.2, 0) is 11.3 Å². The molecule has 0 heterocycles. The fourth-order valence-electron chi connectivity index (χ4n) is 5.00. The Bertz CT molecular complexity index is 991. The summed E-state index contributed by atoms with van der Waals surface area (Å²) in [4.78, 5) is 0. The molecule has 5 heteroatoms. The number of ether oxygens (including phenoxy) is 2. The number of hydrogen-bond donors (Lipinski definition) is 0. The van der Waals surface area contributed by atoms with Crippen LogP contribution in [0.4, 0.5) is 13.2 Å². The minimum absolute atomic E-state index is 0.0331. The van der Waals surface area contributed by atoms with E-state index in [1.165, 1.54) is 12.1 Å². The number of benzene rings is 2. The summed E-state index contributed by atoms with van der Waals surface area (Å²) in [7, 11) is 1.58. The molecular formula is C28H31F3O2. The minimum Gasteiger partial charge on any atom is -0.486 e. The van der Waals surface area contributed by atoms with Gasteiger partial charge in [-0.1, -0.05) is 36.4 Å². The number of halogens is 3. The monoisotopic (exact) mass is 456 g/mol. The molecule has 2 atom stereocenters. The second kappa shape index (κ2) is 10.6. The first kappa shape index (κ1) is 23.6. The topological polar surface area (TPSA) is 18.5 Å². The SMILES string of the molecule is C=CC1CCC(c2ccc(OCc3ccc(C4CCC(OC)C=C4F)cc3)c(F)c2F)CC1. The Morgan fingerprint density at radius 3 is 2.27 bits per heavy atom. The summed E-state index contributed by atoms with van der Waals surface area (Å²) in [6.45, 7) is 3.94. The lowest BCUT2D eigenvalue weighted by Gasteiger charge is -2.27. The zero-order valence-electron chi connectivity index (χ0n) is 19.0. The van der Waals surface area contributed by atoms with Gasteiger partial charge in [-0.15, -0.1) is 6.58 Å². The summed E-state index contributed by atoms with van der Waals surface area (Å²) in [5.41, 5.74) is 2.13. The normalized spacial score (nSPS) is 25.4. The van der Waals surface area contributed by atoms with Gasteiger partial charge in [0.2, 0.25) is 5.82 Å². The van der Waals surface area contributed by atoms with Crippen molar-refractivity contribution in [2.75, 3.05) is 7.11 Å². The van der Waals surface area contributed by atoms with E-state index >= 15 is 0 Å². The highest BCUT2D eigenvalue weighted by Crippen LogP contribution is 2.39. The Morgan fingerprint density at radius 1 is 0.909 bits per heavy atom. The Balaban J connectivity index is 1.38. The molecule has 2 aliphatic rings. The fraction of sp³-hybridized carbons (Fsp3) is 0.429. The molecule has 4 rings (SSSR count). The van der Waals surface area contributed by atoms with E-state index in [0.29, 0.717) is 17.9 Å². The van der Waals surface area contributed by atoms with Crippen molar-refractivity contribution < 1.29 is 22.6 Å². The molecule has 0 saturated heterocycles. The lowest BCUT2D eigenvalue weighted by atomic mass is 9.78. The molecule has 0 aliphatic heterocycles. The van der Waals surface area contributed by atoms with Crippen molar-refractivity contribution in [2.24, 2.45) is 5.92 Å². The predicted octanol–water partition coefficient (Wildman–Crippen LogP) is 7.75. The molecule has 0 spiro atoms. The Labute approximate surface area is 194 Å². The summed E-state index contributed by atoms with van der Waals surface area (Å²) < 4.78 is 54.7. The highest BCUT2D eigenvalue weighted by atomic mass is 19.2. The van der Waals surface area contributed by atoms with Crippen LogP contribution in [0.25, 0.3) is 0 Å². The van der Waals surface area contributed by atoms with Crippen LogP contribution in [0.3, 0.4) is 0 Å². The molecular weight excluding hydrogens is 425 g/mol. The largest absolute Gasteiger partial charge is 0.486 e. The van der Waals surface area contributed by atoms with Crippen LogP contribution in [0.1, 0.15) is 67.1 Å². The van der Waals surface area contributed by atoms with Crippen molar-refractivity contribution in [3.63, 3.8) is 0 Å². The van der Waals surface area contributed by atoms with Gasteiger partial charge in [-0.25, -0.2) is 8.78 Å². The maximum Gasteiger partial charge on any atom is 0.200 e. The van der Waals surface area contributed by atoms with Crippen molar-refractivity contribution in [3.8, 4) is 5.75 Å². The van der Waals surface area contributed by atoms with E-state index in [9.17, 15) is 13.2 Å². The van der Waals surface area contributed by atoms with E-state index in [0.717, 1.165) is 43.2 Å². The molecule has 0 radical (unpaired) electrons. The van der Waals surface area contributed by atoms with Crippen LogP contribution in [0.5, 0.6) is 5.75 Å². The van der Waals surface area contributed by atoms with Gasteiger partial charge in [-0.3, -0.25) is 0 Å². The van der Waals surface area contributed by atoms with Crippen molar-refractivity contribution in [2.45, 2.75) is 63.1 Å². The molecule has 2 aromatic carbocycles. The van der Waals surface area contributed by atoms with Crippen LogP contribution >= 0.6 is 0 Å². The summed E-state index contributed by atoms with van der Waals surface area (Å²) in [6.07, 6.45) is 8.36. The molecule has 2 unspecified atom stereocenters. The highest BCUT2D eigenvalue weighted by Gasteiger charge is 2.26. The zero-order chi connectivity index (χ0) is 23.4. The van der Waals surface area contributed by atoms with Gasteiger partial charge in [-0.05, 0) is 79.2 Å². The zero-order valence-corrected chi connectivity index (χ0v) is 19.0. The van der Waals surface area contributed by atoms with E-state index in [-0.39, 0.29) is 36.1 Å². The van der Waals surface area contributed by atoms with Gasteiger partial charge in [-0.2, -0.15) is 4.39 Å². The average molecular weight is 457 g/mol. The minimum atomic E-state index is -0.933. The van der Waals surface area contributed by atoms with Crippen molar-refractivity contribution in [1.82, 2.24) is 0 Å². The molecule has 1 saturated carbocycles. The third kappa shape index (κ3) is 5.35.